The molecule has 0 spiro atoms. The first-order valence-corrected chi connectivity index (χ1v) is 7.31. The van der Waals surface area contributed by atoms with Crippen molar-refractivity contribution in [2.75, 3.05) is 0 Å². The van der Waals surface area contributed by atoms with Gasteiger partial charge in [0.1, 0.15) is 5.75 Å². The average Bonchev–Trinajstić information content (AvgIpc) is 2.36. The van der Waals surface area contributed by atoms with Gasteiger partial charge in [-0.05, 0) is 49.3 Å². The standard InChI is InChI=1S/C15H19BrO2/c1-10-3-5-14(7-11(10)2)18-15-6-4-13(16)8-12(15)9-17/h4,6,8-11,14H,3,5,7H2,1-2H3. The SMILES string of the molecule is CC1CCC(Oc2ccc(Br)cc2C=O)CC1C. The van der Waals surface area contributed by atoms with Gasteiger partial charge in [0.25, 0.3) is 0 Å². The summed E-state index contributed by atoms with van der Waals surface area (Å²) in [5, 5.41) is 0. The second kappa shape index (κ2) is 5.87. The third-order valence-corrected chi connectivity index (χ3v) is 4.44. The Morgan fingerprint density at radius 2 is 2.06 bits per heavy atom. The fourth-order valence-electron chi connectivity index (χ4n) is 2.50. The van der Waals surface area contributed by atoms with Crippen LogP contribution in [0.4, 0.5) is 0 Å². The molecule has 1 aliphatic rings. The van der Waals surface area contributed by atoms with Crippen LogP contribution in [0.2, 0.25) is 0 Å². The zero-order valence-corrected chi connectivity index (χ0v) is 12.4. The Labute approximate surface area is 117 Å². The molecule has 0 aliphatic heterocycles. The van der Waals surface area contributed by atoms with E-state index in [1.165, 1.54) is 6.42 Å². The van der Waals surface area contributed by atoms with Gasteiger partial charge in [0.15, 0.2) is 6.29 Å². The van der Waals surface area contributed by atoms with E-state index in [2.05, 4.69) is 29.8 Å². The number of carbonyl (C=O) groups excluding carboxylic acids is 1. The van der Waals surface area contributed by atoms with Crippen LogP contribution < -0.4 is 4.74 Å². The molecule has 1 saturated carbocycles. The van der Waals surface area contributed by atoms with E-state index in [0.29, 0.717) is 17.2 Å². The summed E-state index contributed by atoms with van der Waals surface area (Å²) in [5.41, 5.74) is 0.621. The first-order valence-electron chi connectivity index (χ1n) is 6.51. The van der Waals surface area contributed by atoms with Crippen LogP contribution in [-0.2, 0) is 0 Å². The van der Waals surface area contributed by atoms with Crippen molar-refractivity contribution in [1.82, 2.24) is 0 Å². The van der Waals surface area contributed by atoms with E-state index in [0.717, 1.165) is 29.5 Å². The molecule has 3 atom stereocenters. The van der Waals surface area contributed by atoms with Gasteiger partial charge < -0.3 is 4.74 Å². The minimum atomic E-state index is 0.246. The van der Waals surface area contributed by atoms with Crippen LogP contribution in [0.15, 0.2) is 22.7 Å². The molecule has 1 aliphatic carbocycles. The maximum Gasteiger partial charge on any atom is 0.153 e. The third-order valence-electron chi connectivity index (χ3n) is 3.94. The number of halogens is 1. The van der Waals surface area contributed by atoms with Gasteiger partial charge in [0.05, 0.1) is 11.7 Å². The number of hydrogen-bond acceptors (Lipinski definition) is 2. The first kappa shape index (κ1) is 13.6. The van der Waals surface area contributed by atoms with Crippen molar-refractivity contribution in [3.05, 3.63) is 28.2 Å². The molecule has 0 N–H and O–H groups in total. The van der Waals surface area contributed by atoms with Crippen LogP contribution >= 0.6 is 15.9 Å². The highest BCUT2D eigenvalue weighted by Crippen LogP contribution is 2.33. The molecule has 98 valence electrons. The molecule has 0 saturated heterocycles. The van der Waals surface area contributed by atoms with Gasteiger partial charge in [0.2, 0.25) is 0 Å². The number of aldehydes is 1. The van der Waals surface area contributed by atoms with Crippen molar-refractivity contribution in [2.45, 2.75) is 39.2 Å². The summed E-state index contributed by atoms with van der Waals surface area (Å²) in [7, 11) is 0. The zero-order chi connectivity index (χ0) is 13.1. The van der Waals surface area contributed by atoms with Gasteiger partial charge in [-0.1, -0.05) is 29.8 Å². The predicted octanol–water partition coefficient (Wildman–Crippen LogP) is 4.47. The average molecular weight is 311 g/mol. The molecule has 0 radical (unpaired) electrons. The molecular weight excluding hydrogens is 292 g/mol. The summed E-state index contributed by atoms with van der Waals surface area (Å²) in [5.74, 6) is 2.18. The van der Waals surface area contributed by atoms with E-state index < -0.39 is 0 Å². The summed E-state index contributed by atoms with van der Waals surface area (Å²) in [6.45, 7) is 4.58. The molecule has 2 nitrogen and oxygen atoms in total. The number of hydrogen-bond donors (Lipinski definition) is 0. The first-order chi connectivity index (χ1) is 8.60. The number of benzene rings is 1. The molecule has 1 aromatic carbocycles. The monoisotopic (exact) mass is 310 g/mol. The summed E-state index contributed by atoms with van der Waals surface area (Å²) < 4.78 is 6.90. The third kappa shape index (κ3) is 3.14. The Bertz CT molecular complexity index is 431. The Balaban J connectivity index is 2.07. The molecule has 0 aromatic heterocycles. The lowest BCUT2D eigenvalue weighted by Gasteiger charge is -2.32. The summed E-state index contributed by atoms with van der Waals surface area (Å²) in [4.78, 5) is 11.0. The fourth-order valence-corrected chi connectivity index (χ4v) is 2.88. The van der Waals surface area contributed by atoms with E-state index in [1.54, 1.807) is 6.07 Å². The molecule has 1 aromatic rings. The van der Waals surface area contributed by atoms with Crippen molar-refractivity contribution in [1.29, 1.82) is 0 Å². The molecular formula is C15H19BrO2. The van der Waals surface area contributed by atoms with Crippen LogP contribution in [0.1, 0.15) is 43.5 Å². The predicted molar refractivity (Wildman–Crippen MR) is 76.1 cm³/mol. The molecule has 0 amide bonds. The number of ether oxygens (including phenoxy) is 1. The van der Waals surface area contributed by atoms with Gasteiger partial charge in [0, 0.05) is 4.47 Å². The summed E-state index contributed by atoms with van der Waals surface area (Å²) >= 11 is 3.37. The molecule has 18 heavy (non-hydrogen) atoms. The number of carbonyl (C=O) groups is 1. The molecule has 0 bridgehead atoms. The lowest BCUT2D eigenvalue weighted by atomic mass is 9.80. The smallest absolute Gasteiger partial charge is 0.153 e. The molecule has 0 heterocycles. The van der Waals surface area contributed by atoms with Gasteiger partial charge in [-0.25, -0.2) is 0 Å². The lowest BCUT2D eigenvalue weighted by Crippen LogP contribution is -2.29. The minimum Gasteiger partial charge on any atom is -0.490 e. The highest BCUT2D eigenvalue weighted by atomic mass is 79.9. The van der Waals surface area contributed by atoms with E-state index in [4.69, 9.17) is 4.74 Å². The Morgan fingerprint density at radius 1 is 1.28 bits per heavy atom. The lowest BCUT2D eigenvalue weighted by molar-refractivity contribution is 0.0976. The van der Waals surface area contributed by atoms with Crippen LogP contribution in [0.25, 0.3) is 0 Å². The normalized spacial score (nSPS) is 27.8. The van der Waals surface area contributed by atoms with E-state index in [1.807, 2.05) is 12.1 Å². The Hall–Kier alpha value is -0.830. The molecule has 2 rings (SSSR count). The molecule has 1 fully saturated rings. The van der Waals surface area contributed by atoms with Gasteiger partial charge in [-0.3, -0.25) is 4.79 Å². The van der Waals surface area contributed by atoms with E-state index >= 15 is 0 Å². The van der Waals surface area contributed by atoms with Gasteiger partial charge in [-0.15, -0.1) is 0 Å². The van der Waals surface area contributed by atoms with Crippen molar-refractivity contribution in [3.8, 4) is 5.75 Å². The summed E-state index contributed by atoms with van der Waals surface area (Å²) in [6.07, 6.45) is 4.47. The van der Waals surface area contributed by atoms with Crippen LogP contribution in [0.5, 0.6) is 5.75 Å². The topological polar surface area (TPSA) is 26.3 Å². The second-order valence-electron chi connectivity index (χ2n) is 5.31. The minimum absolute atomic E-state index is 0.246. The Morgan fingerprint density at radius 3 is 2.72 bits per heavy atom. The highest BCUT2D eigenvalue weighted by molar-refractivity contribution is 9.10. The van der Waals surface area contributed by atoms with Crippen LogP contribution in [-0.4, -0.2) is 12.4 Å². The second-order valence-corrected chi connectivity index (χ2v) is 6.22. The maximum atomic E-state index is 11.0. The molecule has 3 unspecified atom stereocenters. The highest BCUT2D eigenvalue weighted by Gasteiger charge is 2.26. The summed E-state index contributed by atoms with van der Waals surface area (Å²) in [6, 6.07) is 5.59. The largest absolute Gasteiger partial charge is 0.490 e. The van der Waals surface area contributed by atoms with E-state index in [-0.39, 0.29) is 6.10 Å². The van der Waals surface area contributed by atoms with Crippen molar-refractivity contribution in [2.24, 2.45) is 11.8 Å². The van der Waals surface area contributed by atoms with Gasteiger partial charge >= 0.3 is 0 Å². The van der Waals surface area contributed by atoms with E-state index in [9.17, 15) is 4.79 Å². The molecule has 3 heteroatoms. The van der Waals surface area contributed by atoms with Crippen molar-refractivity contribution < 1.29 is 9.53 Å². The van der Waals surface area contributed by atoms with Crippen LogP contribution in [0.3, 0.4) is 0 Å². The fraction of sp³-hybridized carbons (Fsp3) is 0.533. The maximum absolute atomic E-state index is 11.0. The Kier molecular flexibility index (Phi) is 4.44. The van der Waals surface area contributed by atoms with Crippen LogP contribution in [0, 0.1) is 11.8 Å². The van der Waals surface area contributed by atoms with Crippen molar-refractivity contribution in [3.63, 3.8) is 0 Å². The van der Waals surface area contributed by atoms with Crippen molar-refractivity contribution >= 4 is 22.2 Å². The number of rotatable bonds is 3. The zero-order valence-electron chi connectivity index (χ0n) is 10.9. The van der Waals surface area contributed by atoms with Gasteiger partial charge in [-0.2, -0.15) is 0 Å². The quantitative estimate of drug-likeness (QED) is 0.770.